The summed E-state index contributed by atoms with van der Waals surface area (Å²) in [5.41, 5.74) is 4.51. The molecule has 3 heterocycles. The second-order valence-electron chi connectivity index (χ2n) is 8.81. The molecule has 2 unspecified atom stereocenters. The van der Waals surface area contributed by atoms with Crippen LogP contribution in [0.3, 0.4) is 0 Å². The van der Waals surface area contributed by atoms with E-state index in [1.165, 1.54) is 11.1 Å². The molecule has 2 atom stereocenters. The number of aryl methyl sites for hydroxylation is 1. The van der Waals surface area contributed by atoms with Crippen molar-refractivity contribution in [2.24, 2.45) is 0 Å². The fraction of sp³-hybridized carbons (Fsp3) is 0.214. The molecule has 0 bridgehead atoms. The van der Waals surface area contributed by atoms with Crippen LogP contribution in [0.25, 0.3) is 0 Å². The van der Waals surface area contributed by atoms with E-state index in [0.29, 0.717) is 11.0 Å². The van der Waals surface area contributed by atoms with Crippen LogP contribution in [-0.2, 0) is 0 Å². The van der Waals surface area contributed by atoms with Gasteiger partial charge in [-0.1, -0.05) is 61.5 Å². The van der Waals surface area contributed by atoms with Gasteiger partial charge in [0.2, 0.25) is 0 Å². The van der Waals surface area contributed by atoms with Crippen LogP contribution in [0, 0.1) is 6.92 Å². The highest BCUT2D eigenvalue weighted by atomic mass is 32.2. The van der Waals surface area contributed by atoms with Gasteiger partial charge in [0.25, 0.3) is 0 Å². The standard InChI is InChI=1S/C28H27N3OS2/c1-18(2)20-9-11-21(12-10-20)31-27(26(30-28(31)33)23-6-4-5-17-29-23)24-15-16-25(32-24)34-22-13-7-19(3)8-14-22/h4-18,26-27H,1-3H3,(H,30,33). The number of furan rings is 1. The topological polar surface area (TPSA) is 41.3 Å². The third-order valence-corrected chi connectivity index (χ3v) is 7.31. The molecule has 34 heavy (non-hydrogen) atoms. The maximum absolute atomic E-state index is 6.41. The van der Waals surface area contributed by atoms with Gasteiger partial charge in [-0.15, -0.1) is 0 Å². The van der Waals surface area contributed by atoms with Gasteiger partial charge < -0.3 is 14.6 Å². The number of hydrogen-bond donors (Lipinski definition) is 1. The number of aromatic nitrogens is 1. The Kier molecular flexibility index (Phi) is 6.44. The fourth-order valence-electron chi connectivity index (χ4n) is 4.21. The first-order valence-corrected chi connectivity index (χ1v) is 12.7. The minimum absolute atomic E-state index is 0.123. The van der Waals surface area contributed by atoms with Crippen LogP contribution < -0.4 is 10.2 Å². The van der Waals surface area contributed by atoms with E-state index >= 15 is 0 Å². The zero-order valence-corrected chi connectivity index (χ0v) is 21.1. The molecule has 172 valence electrons. The second-order valence-corrected chi connectivity index (χ2v) is 10.3. The number of nitrogens with zero attached hydrogens (tertiary/aromatic N) is 2. The van der Waals surface area contributed by atoms with E-state index in [4.69, 9.17) is 16.6 Å². The van der Waals surface area contributed by atoms with Crippen LogP contribution in [0.5, 0.6) is 0 Å². The highest BCUT2D eigenvalue weighted by Gasteiger charge is 2.42. The monoisotopic (exact) mass is 485 g/mol. The lowest BCUT2D eigenvalue weighted by atomic mass is 10.0. The Morgan fingerprint density at radius 3 is 2.41 bits per heavy atom. The van der Waals surface area contributed by atoms with Gasteiger partial charge in [0.05, 0.1) is 11.7 Å². The van der Waals surface area contributed by atoms with E-state index in [2.05, 4.69) is 90.6 Å². The molecule has 2 aromatic heterocycles. The van der Waals surface area contributed by atoms with E-state index in [1.807, 2.05) is 30.5 Å². The summed E-state index contributed by atoms with van der Waals surface area (Å²) in [6.07, 6.45) is 1.82. The molecule has 2 aromatic carbocycles. The fourth-order valence-corrected chi connectivity index (χ4v) is 5.34. The third kappa shape index (κ3) is 4.61. The molecule has 1 saturated heterocycles. The average Bonchev–Trinajstić information content (AvgIpc) is 3.45. The van der Waals surface area contributed by atoms with Crippen molar-refractivity contribution in [2.75, 3.05) is 4.90 Å². The summed E-state index contributed by atoms with van der Waals surface area (Å²) in [6, 6.07) is 26.9. The molecule has 4 aromatic rings. The molecular weight excluding hydrogens is 458 g/mol. The van der Waals surface area contributed by atoms with Gasteiger partial charge >= 0.3 is 0 Å². The number of nitrogens with one attached hydrogen (secondary N) is 1. The molecule has 4 nitrogen and oxygen atoms in total. The first-order valence-electron chi connectivity index (χ1n) is 11.4. The molecule has 6 heteroatoms. The van der Waals surface area contributed by atoms with Crippen LogP contribution in [0.1, 0.15) is 54.4 Å². The van der Waals surface area contributed by atoms with Crippen molar-refractivity contribution in [1.82, 2.24) is 10.3 Å². The second kappa shape index (κ2) is 9.65. The largest absolute Gasteiger partial charge is 0.452 e. The third-order valence-electron chi connectivity index (χ3n) is 6.07. The van der Waals surface area contributed by atoms with Crippen LogP contribution in [0.2, 0.25) is 0 Å². The highest BCUT2D eigenvalue weighted by Crippen LogP contribution is 2.43. The molecule has 1 aliphatic rings. The highest BCUT2D eigenvalue weighted by molar-refractivity contribution is 7.99. The Hall–Kier alpha value is -3.09. The maximum Gasteiger partial charge on any atom is 0.174 e. The first kappa shape index (κ1) is 22.7. The summed E-state index contributed by atoms with van der Waals surface area (Å²) in [7, 11) is 0. The summed E-state index contributed by atoms with van der Waals surface area (Å²) in [4.78, 5) is 7.92. The summed E-state index contributed by atoms with van der Waals surface area (Å²) >= 11 is 7.45. The zero-order chi connectivity index (χ0) is 23.7. The number of benzene rings is 2. The quantitative estimate of drug-likeness (QED) is 0.286. The molecule has 1 fully saturated rings. The maximum atomic E-state index is 6.41. The zero-order valence-electron chi connectivity index (χ0n) is 19.4. The molecule has 0 amide bonds. The lowest BCUT2D eigenvalue weighted by Gasteiger charge is -2.26. The van der Waals surface area contributed by atoms with Gasteiger partial charge in [0.1, 0.15) is 11.8 Å². The lowest BCUT2D eigenvalue weighted by Crippen LogP contribution is -2.29. The molecule has 0 aliphatic carbocycles. The van der Waals surface area contributed by atoms with Crippen LogP contribution in [0.4, 0.5) is 5.69 Å². The summed E-state index contributed by atoms with van der Waals surface area (Å²) in [6.45, 7) is 6.50. The number of anilines is 1. The van der Waals surface area contributed by atoms with Crippen molar-refractivity contribution in [3.05, 3.63) is 108 Å². The molecule has 0 radical (unpaired) electrons. The van der Waals surface area contributed by atoms with E-state index in [9.17, 15) is 0 Å². The van der Waals surface area contributed by atoms with Crippen molar-refractivity contribution in [1.29, 1.82) is 0 Å². The number of pyridine rings is 1. The van der Waals surface area contributed by atoms with E-state index in [-0.39, 0.29) is 12.1 Å². The molecule has 0 saturated carbocycles. The van der Waals surface area contributed by atoms with Crippen molar-refractivity contribution in [3.8, 4) is 0 Å². The minimum Gasteiger partial charge on any atom is -0.452 e. The minimum atomic E-state index is -0.153. The van der Waals surface area contributed by atoms with E-state index in [1.54, 1.807) is 11.8 Å². The summed E-state index contributed by atoms with van der Waals surface area (Å²) in [5, 5.41) is 5.02. The Labute approximate surface area is 210 Å². The smallest absolute Gasteiger partial charge is 0.174 e. The van der Waals surface area contributed by atoms with Gasteiger partial charge in [-0.3, -0.25) is 4.98 Å². The molecular formula is C28H27N3OS2. The molecule has 1 aliphatic heterocycles. The first-order chi connectivity index (χ1) is 16.5. The van der Waals surface area contributed by atoms with Gasteiger partial charge in [0, 0.05) is 16.8 Å². The predicted octanol–water partition coefficient (Wildman–Crippen LogP) is 7.43. The SMILES string of the molecule is Cc1ccc(Sc2ccc(C3C(c4ccccn4)NC(=S)N3c3ccc(C(C)C)cc3)o2)cc1. The van der Waals surface area contributed by atoms with Crippen molar-refractivity contribution >= 4 is 34.8 Å². The average molecular weight is 486 g/mol. The van der Waals surface area contributed by atoms with Crippen molar-refractivity contribution < 1.29 is 4.42 Å². The molecule has 5 rings (SSSR count). The Balaban J connectivity index is 1.51. The van der Waals surface area contributed by atoms with E-state index < -0.39 is 0 Å². The summed E-state index contributed by atoms with van der Waals surface area (Å²) < 4.78 is 6.41. The molecule has 0 spiro atoms. The van der Waals surface area contributed by atoms with E-state index in [0.717, 1.165) is 27.1 Å². The predicted molar refractivity (Wildman–Crippen MR) is 142 cm³/mol. The number of hydrogen-bond acceptors (Lipinski definition) is 4. The lowest BCUT2D eigenvalue weighted by molar-refractivity contribution is 0.383. The Bertz CT molecular complexity index is 1270. The molecule has 1 N–H and O–H groups in total. The number of rotatable bonds is 6. The number of thiocarbonyl (C=S) groups is 1. The van der Waals surface area contributed by atoms with Crippen LogP contribution in [0.15, 0.2) is 99.5 Å². The van der Waals surface area contributed by atoms with Gasteiger partial charge in [0.15, 0.2) is 10.2 Å². The van der Waals surface area contributed by atoms with Crippen LogP contribution in [-0.4, -0.2) is 10.1 Å². The van der Waals surface area contributed by atoms with Crippen molar-refractivity contribution in [2.45, 2.75) is 48.8 Å². The normalized spacial score (nSPS) is 17.9. The Morgan fingerprint density at radius 2 is 1.74 bits per heavy atom. The Morgan fingerprint density at radius 1 is 0.971 bits per heavy atom. The van der Waals surface area contributed by atoms with Crippen LogP contribution >= 0.6 is 24.0 Å². The van der Waals surface area contributed by atoms with Gasteiger partial charge in [-0.2, -0.15) is 0 Å². The van der Waals surface area contributed by atoms with Gasteiger partial charge in [-0.05, 0) is 79.2 Å². The van der Waals surface area contributed by atoms with Gasteiger partial charge in [-0.25, -0.2) is 0 Å². The summed E-state index contributed by atoms with van der Waals surface area (Å²) in [5.74, 6) is 1.33. The van der Waals surface area contributed by atoms with Crippen molar-refractivity contribution in [3.63, 3.8) is 0 Å².